The molecule has 1 aromatic carbocycles. The van der Waals surface area contributed by atoms with E-state index in [-0.39, 0.29) is 5.75 Å². The third-order valence-corrected chi connectivity index (χ3v) is 3.92. The molecule has 1 aromatic heterocycles. The SMILES string of the molecule is NC(c1cccc(OC(F)(F)F)c1)c1csc(Br)c1. The first-order valence-electron chi connectivity index (χ1n) is 5.20. The largest absolute Gasteiger partial charge is 0.573 e. The molecule has 1 unspecified atom stereocenters. The minimum absolute atomic E-state index is 0.269. The number of hydrogen-bond donors (Lipinski definition) is 1. The summed E-state index contributed by atoms with van der Waals surface area (Å²) in [5, 5.41) is 1.85. The molecular formula is C12H9BrF3NOS. The topological polar surface area (TPSA) is 35.2 Å². The number of benzene rings is 1. The van der Waals surface area contributed by atoms with E-state index in [1.165, 1.54) is 29.5 Å². The van der Waals surface area contributed by atoms with E-state index in [0.29, 0.717) is 5.56 Å². The lowest BCUT2D eigenvalue weighted by Crippen LogP contribution is -2.18. The number of hydrogen-bond acceptors (Lipinski definition) is 3. The van der Waals surface area contributed by atoms with Gasteiger partial charge in [0, 0.05) is 0 Å². The van der Waals surface area contributed by atoms with Crippen LogP contribution in [-0.2, 0) is 0 Å². The van der Waals surface area contributed by atoms with Gasteiger partial charge < -0.3 is 10.5 Å². The molecular weight excluding hydrogens is 343 g/mol. The highest BCUT2D eigenvalue weighted by Gasteiger charge is 2.31. The summed E-state index contributed by atoms with van der Waals surface area (Å²) in [7, 11) is 0. The quantitative estimate of drug-likeness (QED) is 0.885. The van der Waals surface area contributed by atoms with Crippen molar-refractivity contribution >= 4 is 27.3 Å². The summed E-state index contributed by atoms with van der Waals surface area (Å²) in [6.07, 6.45) is -4.70. The van der Waals surface area contributed by atoms with Crippen LogP contribution in [0.3, 0.4) is 0 Å². The highest BCUT2D eigenvalue weighted by atomic mass is 79.9. The highest BCUT2D eigenvalue weighted by Crippen LogP contribution is 2.30. The van der Waals surface area contributed by atoms with Crippen molar-refractivity contribution < 1.29 is 17.9 Å². The fraction of sp³-hybridized carbons (Fsp3) is 0.167. The van der Waals surface area contributed by atoms with Crippen molar-refractivity contribution in [1.82, 2.24) is 0 Å². The van der Waals surface area contributed by atoms with E-state index in [1.807, 2.05) is 11.4 Å². The van der Waals surface area contributed by atoms with Crippen LogP contribution < -0.4 is 10.5 Å². The third kappa shape index (κ3) is 3.95. The van der Waals surface area contributed by atoms with Crippen molar-refractivity contribution in [2.24, 2.45) is 5.73 Å². The minimum atomic E-state index is -4.70. The lowest BCUT2D eigenvalue weighted by molar-refractivity contribution is -0.274. The lowest BCUT2D eigenvalue weighted by Gasteiger charge is -2.13. The van der Waals surface area contributed by atoms with Crippen molar-refractivity contribution in [3.63, 3.8) is 0 Å². The Bertz CT molecular complexity index is 570. The number of rotatable bonds is 3. The summed E-state index contributed by atoms with van der Waals surface area (Å²) < 4.78 is 41.2. The van der Waals surface area contributed by atoms with Crippen LogP contribution in [0.25, 0.3) is 0 Å². The Balaban J connectivity index is 2.23. The van der Waals surface area contributed by atoms with E-state index in [2.05, 4.69) is 20.7 Å². The molecule has 0 aliphatic heterocycles. The Morgan fingerprint density at radius 3 is 2.53 bits per heavy atom. The van der Waals surface area contributed by atoms with Gasteiger partial charge in [-0.25, -0.2) is 0 Å². The molecule has 102 valence electrons. The molecule has 1 heterocycles. The van der Waals surface area contributed by atoms with Gasteiger partial charge in [-0.05, 0) is 50.6 Å². The predicted octanol–water partition coefficient (Wildman–Crippen LogP) is 4.46. The van der Waals surface area contributed by atoms with Crippen LogP contribution in [0.5, 0.6) is 5.75 Å². The Labute approximate surface area is 120 Å². The first-order chi connectivity index (χ1) is 8.85. The average molecular weight is 352 g/mol. The van der Waals surface area contributed by atoms with Crippen molar-refractivity contribution in [1.29, 1.82) is 0 Å². The molecule has 7 heteroatoms. The number of nitrogens with two attached hydrogens (primary N) is 1. The highest BCUT2D eigenvalue weighted by molar-refractivity contribution is 9.11. The van der Waals surface area contributed by atoms with Crippen LogP contribution in [-0.4, -0.2) is 6.36 Å². The van der Waals surface area contributed by atoms with Crippen molar-refractivity contribution in [2.75, 3.05) is 0 Å². The third-order valence-electron chi connectivity index (χ3n) is 2.40. The van der Waals surface area contributed by atoms with Crippen molar-refractivity contribution in [3.8, 4) is 5.75 Å². The summed E-state index contributed by atoms with van der Waals surface area (Å²) in [4.78, 5) is 0. The number of thiophene rings is 1. The molecule has 0 aliphatic carbocycles. The van der Waals surface area contributed by atoms with Gasteiger partial charge in [-0.1, -0.05) is 12.1 Å². The van der Waals surface area contributed by atoms with Gasteiger partial charge in [-0.3, -0.25) is 0 Å². The average Bonchev–Trinajstić information content (AvgIpc) is 2.73. The van der Waals surface area contributed by atoms with Gasteiger partial charge >= 0.3 is 6.36 Å². The Kier molecular flexibility index (Phi) is 4.17. The predicted molar refractivity (Wildman–Crippen MR) is 71.2 cm³/mol. The van der Waals surface area contributed by atoms with Gasteiger partial charge in [0.25, 0.3) is 0 Å². The van der Waals surface area contributed by atoms with Crippen LogP contribution in [0.1, 0.15) is 17.2 Å². The van der Waals surface area contributed by atoms with Crippen LogP contribution in [0, 0.1) is 0 Å². The first-order valence-corrected chi connectivity index (χ1v) is 6.87. The Morgan fingerprint density at radius 1 is 1.21 bits per heavy atom. The first kappa shape index (κ1) is 14.4. The second-order valence-corrected chi connectivity index (χ2v) is 6.07. The van der Waals surface area contributed by atoms with E-state index >= 15 is 0 Å². The van der Waals surface area contributed by atoms with E-state index in [1.54, 1.807) is 6.07 Å². The number of halogens is 4. The van der Waals surface area contributed by atoms with Gasteiger partial charge in [-0.15, -0.1) is 24.5 Å². The van der Waals surface area contributed by atoms with E-state index in [0.717, 1.165) is 9.35 Å². The maximum Gasteiger partial charge on any atom is 0.573 e. The summed E-state index contributed by atoms with van der Waals surface area (Å²) in [5.74, 6) is -0.269. The number of alkyl halides is 3. The molecule has 2 aromatic rings. The second kappa shape index (κ2) is 5.52. The summed E-state index contributed by atoms with van der Waals surface area (Å²) >= 11 is 4.78. The van der Waals surface area contributed by atoms with E-state index in [9.17, 15) is 13.2 Å². The second-order valence-electron chi connectivity index (χ2n) is 3.78. The Hall–Kier alpha value is -1.05. The molecule has 0 radical (unpaired) electrons. The van der Waals surface area contributed by atoms with E-state index < -0.39 is 12.4 Å². The molecule has 19 heavy (non-hydrogen) atoms. The van der Waals surface area contributed by atoms with Crippen molar-refractivity contribution in [2.45, 2.75) is 12.4 Å². The van der Waals surface area contributed by atoms with Gasteiger partial charge in [-0.2, -0.15) is 0 Å². The standard InChI is InChI=1S/C12H9BrF3NOS/c13-10-5-8(6-19-10)11(17)7-2-1-3-9(4-7)18-12(14,15)16/h1-6,11H,17H2. The fourth-order valence-electron chi connectivity index (χ4n) is 1.58. The zero-order valence-corrected chi connectivity index (χ0v) is 11.8. The lowest BCUT2D eigenvalue weighted by atomic mass is 10.0. The molecule has 2 N–H and O–H groups in total. The van der Waals surface area contributed by atoms with Crippen LogP contribution in [0.4, 0.5) is 13.2 Å². The van der Waals surface area contributed by atoms with Crippen LogP contribution in [0.2, 0.25) is 0 Å². The van der Waals surface area contributed by atoms with Gasteiger partial charge in [0.15, 0.2) is 0 Å². The smallest absolute Gasteiger partial charge is 0.406 e. The molecule has 2 nitrogen and oxygen atoms in total. The molecule has 0 aliphatic rings. The molecule has 1 atom stereocenters. The van der Waals surface area contributed by atoms with Gasteiger partial charge in [0.2, 0.25) is 0 Å². The monoisotopic (exact) mass is 351 g/mol. The molecule has 0 amide bonds. The van der Waals surface area contributed by atoms with Crippen molar-refractivity contribution in [3.05, 3.63) is 50.6 Å². The summed E-state index contributed by atoms with van der Waals surface area (Å²) in [6, 6.07) is 7.04. The summed E-state index contributed by atoms with van der Waals surface area (Å²) in [6.45, 7) is 0. The maximum atomic E-state index is 12.1. The van der Waals surface area contributed by atoms with Crippen LogP contribution in [0.15, 0.2) is 39.5 Å². The molecule has 0 spiro atoms. The van der Waals surface area contributed by atoms with Gasteiger partial charge in [0.1, 0.15) is 5.75 Å². The molecule has 0 saturated heterocycles. The molecule has 0 bridgehead atoms. The normalized spacial score (nSPS) is 13.3. The van der Waals surface area contributed by atoms with Gasteiger partial charge in [0.05, 0.1) is 9.83 Å². The van der Waals surface area contributed by atoms with E-state index in [4.69, 9.17) is 5.73 Å². The zero-order chi connectivity index (χ0) is 14.0. The zero-order valence-electron chi connectivity index (χ0n) is 9.45. The number of ether oxygens (including phenoxy) is 1. The summed E-state index contributed by atoms with van der Waals surface area (Å²) in [5.41, 5.74) is 7.41. The maximum absolute atomic E-state index is 12.1. The molecule has 0 saturated carbocycles. The Morgan fingerprint density at radius 2 is 1.95 bits per heavy atom. The fourth-order valence-corrected chi connectivity index (χ4v) is 2.80. The van der Waals surface area contributed by atoms with Crippen LogP contribution >= 0.6 is 27.3 Å². The molecule has 0 fully saturated rings. The molecule has 2 rings (SSSR count). The minimum Gasteiger partial charge on any atom is -0.406 e.